The van der Waals surface area contributed by atoms with Crippen molar-refractivity contribution in [3.8, 4) is 0 Å². The quantitative estimate of drug-likeness (QED) is 0.710. The molecule has 3 N–H and O–H groups in total. The Bertz CT molecular complexity index is 819. The number of carbonyl (C=O) groups is 1. The summed E-state index contributed by atoms with van der Waals surface area (Å²) < 4.78 is 30.9. The van der Waals surface area contributed by atoms with Crippen LogP contribution >= 0.6 is 11.5 Å². The first kappa shape index (κ1) is 18.1. The van der Waals surface area contributed by atoms with Gasteiger partial charge in [0, 0.05) is 19.8 Å². The Labute approximate surface area is 144 Å². The third kappa shape index (κ3) is 4.88. The molecule has 9 nitrogen and oxygen atoms in total. The highest BCUT2D eigenvalue weighted by atomic mass is 32.2. The number of anilines is 2. The number of rotatable bonds is 6. The van der Waals surface area contributed by atoms with Crippen LogP contribution in [0.4, 0.5) is 16.2 Å². The van der Waals surface area contributed by atoms with E-state index in [1.807, 2.05) is 6.92 Å². The van der Waals surface area contributed by atoms with Gasteiger partial charge in [0.25, 0.3) is 0 Å². The van der Waals surface area contributed by atoms with Gasteiger partial charge < -0.3 is 10.6 Å². The summed E-state index contributed by atoms with van der Waals surface area (Å²) in [7, 11) is -0.749. The van der Waals surface area contributed by atoms with E-state index in [9.17, 15) is 13.2 Å². The van der Waals surface area contributed by atoms with E-state index in [1.54, 1.807) is 18.2 Å². The average molecular weight is 370 g/mol. The molecule has 11 heteroatoms. The maximum absolute atomic E-state index is 11.9. The number of nitrogens with zero attached hydrogens (tertiary/aromatic N) is 3. The van der Waals surface area contributed by atoms with Crippen molar-refractivity contribution in [1.82, 2.24) is 19.2 Å². The van der Waals surface area contributed by atoms with Gasteiger partial charge in [-0.25, -0.2) is 4.79 Å². The van der Waals surface area contributed by atoms with Gasteiger partial charge >= 0.3 is 16.2 Å². The van der Waals surface area contributed by atoms with Gasteiger partial charge in [-0.2, -0.15) is 12.7 Å². The van der Waals surface area contributed by atoms with Crippen LogP contribution in [0, 0.1) is 6.92 Å². The van der Waals surface area contributed by atoms with Crippen molar-refractivity contribution in [2.45, 2.75) is 13.5 Å². The lowest BCUT2D eigenvalue weighted by Gasteiger charge is -2.14. The molecule has 1 heterocycles. The molecule has 1 aromatic carbocycles. The van der Waals surface area contributed by atoms with Crippen LogP contribution in [0.5, 0.6) is 0 Å². The van der Waals surface area contributed by atoms with E-state index in [0.29, 0.717) is 17.9 Å². The molecule has 24 heavy (non-hydrogen) atoms. The fourth-order valence-electron chi connectivity index (χ4n) is 1.65. The van der Waals surface area contributed by atoms with Crippen LogP contribution in [0.25, 0.3) is 0 Å². The topological polar surface area (TPSA) is 116 Å². The van der Waals surface area contributed by atoms with Gasteiger partial charge in [0.2, 0.25) is 0 Å². The van der Waals surface area contributed by atoms with Crippen molar-refractivity contribution in [1.29, 1.82) is 0 Å². The highest BCUT2D eigenvalue weighted by molar-refractivity contribution is 7.90. The van der Waals surface area contributed by atoms with Crippen molar-refractivity contribution in [3.05, 3.63) is 34.8 Å². The molecule has 1 aromatic heterocycles. The first-order valence-corrected chi connectivity index (χ1v) is 9.12. The zero-order valence-corrected chi connectivity index (χ0v) is 15.0. The van der Waals surface area contributed by atoms with Gasteiger partial charge in [0.15, 0.2) is 0 Å². The number of nitrogens with one attached hydrogen (secondary N) is 3. The molecule has 0 radical (unpaired) electrons. The van der Waals surface area contributed by atoms with Gasteiger partial charge in [-0.3, -0.25) is 4.72 Å². The second-order valence-electron chi connectivity index (χ2n) is 5.06. The smallest absolute Gasteiger partial charge is 0.319 e. The number of benzene rings is 1. The lowest BCUT2D eigenvalue weighted by molar-refractivity contribution is 0.252. The Balaban J connectivity index is 1.96. The van der Waals surface area contributed by atoms with Gasteiger partial charge in [0.1, 0.15) is 0 Å². The maximum Gasteiger partial charge on any atom is 0.319 e. The van der Waals surface area contributed by atoms with E-state index in [2.05, 4.69) is 24.9 Å². The molecule has 0 unspecified atom stereocenters. The number of urea groups is 1. The van der Waals surface area contributed by atoms with Crippen LogP contribution in [0.2, 0.25) is 0 Å². The molecule has 2 aromatic rings. The van der Waals surface area contributed by atoms with Crippen molar-refractivity contribution < 1.29 is 13.2 Å². The standard InChI is InChI=1S/C13H18N6O3S2/c1-9-12(23-18-16-9)8-14-13(20)15-10-5-4-6-11(7-10)17-24(21,22)19(2)3/h4-7,17H,8H2,1-3H3,(H2,14,15,20). The van der Waals surface area contributed by atoms with E-state index >= 15 is 0 Å². The largest absolute Gasteiger partial charge is 0.333 e. The van der Waals surface area contributed by atoms with Crippen LogP contribution in [0.3, 0.4) is 0 Å². The minimum atomic E-state index is -3.60. The predicted octanol–water partition coefficient (Wildman–Crippen LogP) is 1.39. The summed E-state index contributed by atoms with van der Waals surface area (Å²) in [6.45, 7) is 2.14. The van der Waals surface area contributed by atoms with Crippen LogP contribution in [-0.4, -0.2) is 42.4 Å². The summed E-state index contributed by atoms with van der Waals surface area (Å²) in [5, 5.41) is 9.20. The molecule has 0 saturated heterocycles. The van der Waals surface area contributed by atoms with Crippen LogP contribution in [0.15, 0.2) is 24.3 Å². The highest BCUT2D eigenvalue weighted by Gasteiger charge is 2.13. The fourth-order valence-corrected chi connectivity index (χ4v) is 2.83. The molecule has 0 saturated carbocycles. The van der Waals surface area contributed by atoms with Crippen LogP contribution < -0.4 is 15.4 Å². The van der Waals surface area contributed by atoms with Gasteiger partial charge in [-0.1, -0.05) is 10.6 Å². The molecule has 0 aliphatic carbocycles. The minimum Gasteiger partial charge on any atom is -0.333 e. The van der Waals surface area contributed by atoms with Gasteiger partial charge in [-0.15, -0.1) is 5.10 Å². The number of aromatic nitrogens is 2. The van der Waals surface area contributed by atoms with Crippen molar-refractivity contribution in [3.63, 3.8) is 0 Å². The summed E-state index contributed by atoms with van der Waals surface area (Å²) in [6.07, 6.45) is 0. The third-order valence-electron chi connectivity index (χ3n) is 3.00. The first-order chi connectivity index (χ1) is 11.3. The number of amides is 2. The molecule has 2 rings (SSSR count). The zero-order chi connectivity index (χ0) is 17.7. The molecular formula is C13H18N6O3S2. The Kier molecular flexibility index (Phi) is 5.70. The fraction of sp³-hybridized carbons (Fsp3) is 0.308. The second-order valence-corrected chi connectivity index (χ2v) is 7.78. The molecular weight excluding hydrogens is 352 g/mol. The van der Waals surface area contributed by atoms with E-state index < -0.39 is 16.2 Å². The normalized spacial score (nSPS) is 11.3. The van der Waals surface area contributed by atoms with E-state index in [1.165, 1.54) is 31.7 Å². The Hall–Kier alpha value is -2.24. The lowest BCUT2D eigenvalue weighted by Crippen LogP contribution is -2.29. The maximum atomic E-state index is 11.9. The lowest BCUT2D eigenvalue weighted by atomic mass is 10.3. The zero-order valence-electron chi connectivity index (χ0n) is 13.4. The van der Waals surface area contributed by atoms with E-state index in [0.717, 1.165) is 14.9 Å². The Morgan fingerprint density at radius 3 is 2.62 bits per heavy atom. The monoisotopic (exact) mass is 370 g/mol. The SMILES string of the molecule is Cc1nnsc1CNC(=O)Nc1cccc(NS(=O)(=O)N(C)C)c1. The Morgan fingerprint density at radius 2 is 2.00 bits per heavy atom. The van der Waals surface area contributed by atoms with E-state index in [4.69, 9.17) is 0 Å². The number of aryl methyl sites for hydroxylation is 1. The molecule has 0 aliphatic heterocycles. The predicted molar refractivity (Wildman–Crippen MR) is 93.2 cm³/mol. The van der Waals surface area contributed by atoms with Crippen molar-refractivity contribution in [2.24, 2.45) is 0 Å². The molecule has 0 fully saturated rings. The minimum absolute atomic E-state index is 0.322. The molecule has 0 spiro atoms. The second kappa shape index (κ2) is 7.55. The molecule has 2 amide bonds. The Morgan fingerprint density at radius 1 is 1.29 bits per heavy atom. The molecule has 130 valence electrons. The summed E-state index contributed by atoms with van der Waals surface area (Å²) in [4.78, 5) is 12.8. The first-order valence-electron chi connectivity index (χ1n) is 6.91. The number of carbonyl (C=O) groups excluding carboxylic acids is 1. The summed E-state index contributed by atoms with van der Waals surface area (Å²) in [5.74, 6) is 0. The number of hydrogen-bond donors (Lipinski definition) is 3. The summed E-state index contributed by atoms with van der Waals surface area (Å²) in [5.41, 5.74) is 1.59. The van der Waals surface area contributed by atoms with Crippen molar-refractivity contribution in [2.75, 3.05) is 24.1 Å². The molecule has 0 aliphatic rings. The highest BCUT2D eigenvalue weighted by Crippen LogP contribution is 2.17. The van der Waals surface area contributed by atoms with Crippen molar-refractivity contribution >= 4 is 39.1 Å². The molecule has 0 bridgehead atoms. The molecule has 0 atom stereocenters. The van der Waals surface area contributed by atoms with Gasteiger partial charge in [-0.05, 0) is 36.7 Å². The third-order valence-corrected chi connectivity index (χ3v) is 5.28. The van der Waals surface area contributed by atoms with Gasteiger partial charge in [0.05, 0.1) is 22.8 Å². The number of hydrogen-bond acceptors (Lipinski definition) is 6. The van der Waals surface area contributed by atoms with E-state index in [-0.39, 0.29) is 0 Å². The van der Waals surface area contributed by atoms with Crippen LogP contribution in [0.1, 0.15) is 10.6 Å². The average Bonchev–Trinajstić information content (AvgIpc) is 2.90. The summed E-state index contributed by atoms with van der Waals surface area (Å²) in [6, 6.07) is 6.01. The van der Waals surface area contributed by atoms with Crippen LogP contribution in [-0.2, 0) is 16.8 Å². The summed E-state index contributed by atoms with van der Waals surface area (Å²) >= 11 is 1.22.